The van der Waals surface area contributed by atoms with Gasteiger partial charge in [0.2, 0.25) is 5.91 Å². The van der Waals surface area contributed by atoms with E-state index in [2.05, 4.69) is 10.3 Å². The maximum atomic E-state index is 10.8. The van der Waals surface area contributed by atoms with Gasteiger partial charge < -0.3 is 11.1 Å². The van der Waals surface area contributed by atoms with Crippen LogP contribution in [0.25, 0.3) is 0 Å². The summed E-state index contributed by atoms with van der Waals surface area (Å²) >= 11 is 5.88. The van der Waals surface area contributed by atoms with Crippen LogP contribution in [0.5, 0.6) is 0 Å². The van der Waals surface area contributed by atoms with Crippen molar-refractivity contribution in [2.45, 2.75) is 13.3 Å². The Balaban J connectivity index is 2.84. The van der Waals surface area contributed by atoms with Crippen LogP contribution in [0.3, 0.4) is 0 Å². The molecular formula is C9H12ClN3O. The molecule has 1 rings (SSSR count). The van der Waals surface area contributed by atoms with Crippen molar-refractivity contribution in [1.29, 1.82) is 0 Å². The van der Waals surface area contributed by atoms with Crippen LogP contribution in [0.4, 0.5) is 5.82 Å². The van der Waals surface area contributed by atoms with Crippen molar-refractivity contribution in [2.24, 2.45) is 5.73 Å². The SMILES string of the molecule is CCCNc1ncc(C(N)=O)cc1Cl. The van der Waals surface area contributed by atoms with Gasteiger partial charge in [0.05, 0.1) is 10.6 Å². The minimum Gasteiger partial charge on any atom is -0.369 e. The molecule has 5 heteroatoms. The Morgan fingerprint density at radius 3 is 2.93 bits per heavy atom. The highest BCUT2D eigenvalue weighted by Crippen LogP contribution is 2.19. The average Bonchev–Trinajstić information content (AvgIpc) is 2.15. The quantitative estimate of drug-likeness (QED) is 0.799. The van der Waals surface area contributed by atoms with Crippen molar-refractivity contribution in [3.05, 3.63) is 22.8 Å². The molecule has 0 spiro atoms. The minimum atomic E-state index is -0.526. The number of hydrogen-bond acceptors (Lipinski definition) is 3. The molecule has 0 aliphatic rings. The topological polar surface area (TPSA) is 68.0 Å². The number of nitrogens with one attached hydrogen (secondary N) is 1. The van der Waals surface area contributed by atoms with Crippen molar-refractivity contribution in [1.82, 2.24) is 4.98 Å². The average molecular weight is 214 g/mol. The third-order valence-corrected chi connectivity index (χ3v) is 1.96. The van der Waals surface area contributed by atoms with E-state index in [-0.39, 0.29) is 0 Å². The first-order valence-corrected chi connectivity index (χ1v) is 4.72. The summed E-state index contributed by atoms with van der Waals surface area (Å²) in [6.07, 6.45) is 2.39. The molecule has 0 atom stereocenters. The number of anilines is 1. The van der Waals surface area contributed by atoms with Crippen LogP contribution in [-0.4, -0.2) is 17.4 Å². The normalized spacial score (nSPS) is 9.86. The number of halogens is 1. The second-order valence-electron chi connectivity index (χ2n) is 2.85. The first kappa shape index (κ1) is 10.8. The summed E-state index contributed by atoms with van der Waals surface area (Å²) in [5, 5.41) is 3.45. The summed E-state index contributed by atoms with van der Waals surface area (Å²) < 4.78 is 0. The van der Waals surface area contributed by atoms with Crippen LogP contribution < -0.4 is 11.1 Å². The van der Waals surface area contributed by atoms with E-state index in [1.165, 1.54) is 12.3 Å². The molecule has 0 aliphatic carbocycles. The molecule has 0 radical (unpaired) electrons. The van der Waals surface area contributed by atoms with E-state index < -0.39 is 5.91 Å². The lowest BCUT2D eigenvalue weighted by atomic mass is 10.2. The number of carbonyl (C=O) groups is 1. The number of rotatable bonds is 4. The van der Waals surface area contributed by atoms with Gasteiger partial charge in [0.15, 0.2) is 0 Å². The summed E-state index contributed by atoms with van der Waals surface area (Å²) in [4.78, 5) is 14.8. The zero-order chi connectivity index (χ0) is 10.6. The number of carbonyl (C=O) groups excluding carboxylic acids is 1. The summed E-state index contributed by atoms with van der Waals surface area (Å²) in [5.74, 6) is 0.0555. The first-order valence-electron chi connectivity index (χ1n) is 4.34. The summed E-state index contributed by atoms with van der Waals surface area (Å²) in [6.45, 7) is 2.83. The summed E-state index contributed by atoms with van der Waals surface area (Å²) in [5.41, 5.74) is 5.39. The Morgan fingerprint density at radius 1 is 1.71 bits per heavy atom. The maximum Gasteiger partial charge on any atom is 0.250 e. The van der Waals surface area contributed by atoms with Gasteiger partial charge in [0.1, 0.15) is 5.82 Å². The number of aromatic nitrogens is 1. The van der Waals surface area contributed by atoms with E-state index in [9.17, 15) is 4.79 Å². The Labute approximate surface area is 87.5 Å². The highest BCUT2D eigenvalue weighted by molar-refractivity contribution is 6.33. The zero-order valence-corrected chi connectivity index (χ0v) is 8.64. The number of primary amides is 1. The maximum absolute atomic E-state index is 10.8. The first-order chi connectivity index (χ1) is 6.65. The van der Waals surface area contributed by atoms with Crippen molar-refractivity contribution in [3.63, 3.8) is 0 Å². The third-order valence-electron chi connectivity index (χ3n) is 1.67. The Kier molecular flexibility index (Phi) is 3.71. The lowest BCUT2D eigenvalue weighted by Crippen LogP contribution is -2.12. The molecule has 0 aromatic carbocycles. The molecule has 4 nitrogen and oxygen atoms in total. The fourth-order valence-corrected chi connectivity index (χ4v) is 1.18. The molecule has 0 aliphatic heterocycles. The minimum absolute atomic E-state index is 0.317. The second kappa shape index (κ2) is 4.81. The molecule has 0 fully saturated rings. The predicted octanol–water partition coefficient (Wildman–Crippen LogP) is 1.66. The fourth-order valence-electron chi connectivity index (χ4n) is 0.946. The van der Waals surface area contributed by atoms with Crippen LogP contribution in [-0.2, 0) is 0 Å². The van der Waals surface area contributed by atoms with Gasteiger partial charge in [-0.1, -0.05) is 18.5 Å². The molecule has 0 bridgehead atoms. The van der Waals surface area contributed by atoms with Crippen LogP contribution in [0.2, 0.25) is 5.02 Å². The van der Waals surface area contributed by atoms with E-state index in [0.717, 1.165) is 13.0 Å². The van der Waals surface area contributed by atoms with Crippen LogP contribution in [0.1, 0.15) is 23.7 Å². The molecule has 1 heterocycles. The molecular weight excluding hydrogens is 202 g/mol. The van der Waals surface area contributed by atoms with E-state index in [1.54, 1.807) is 0 Å². The van der Waals surface area contributed by atoms with E-state index in [1.807, 2.05) is 6.92 Å². The molecule has 3 N–H and O–H groups in total. The van der Waals surface area contributed by atoms with Gasteiger partial charge in [-0.2, -0.15) is 0 Å². The third kappa shape index (κ3) is 2.60. The van der Waals surface area contributed by atoms with Gasteiger partial charge in [-0.3, -0.25) is 4.79 Å². The lowest BCUT2D eigenvalue weighted by molar-refractivity contribution is 0.1000. The molecule has 14 heavy (non-hydrogen) atoms. The lowest BCUT2D eigenvalue weighted by Gasteiger charge is -2.06. The molecule has 1 amide bonds. The van der Waals surface area contributed by atoms with Gasteiger partial charge in [-0.05, 0) is 12.5 Å². The largest absolute Gasteiger partial charge is 0.369 e. The second-order valence-corrected chi connectivity index (χ2v) is 3.25. The molecule has 1 aromatic rings. The highest BCUT2D eigenvalue weighted by atomic mass is 35.5. The van der Waals surface area contributed by atoms with Crippen molar-refractivity contribution < 1.29 is 4.79 Å². The van der Waals surface area contributed by atoms with Gasteiger partial charge in [-0.25, -0.2) is 4.98 Å². The molecule has 1 aromatic heterocycles. The van der Waals surface area contributed by atoms with Gasteiger partial charge in [-0.15, -0.1) is 0 Å². The van der Waals surface area contributed by atoms with Crippen molar-refractivity contribution in [3.8, 4) is 0 Å². The fraction of sp³-hybridized carbons (Fsp3) is 0.333. The number of nitrogens with two attached hydrogens (primary N) is 1. The number of pyridine rings is 1. The van der Waals surface area contributed by atoms with E-state index >= 15 is 0 Å². The van der Waals surface area contributed by atoms with Crippen LogP contribution >= 0.6 is 11.6 Å². The Morgan fingerprint density at radius 2 is 2.43 bits per heavy atom. The highest BCUT2D eigenvalue weighted by Gasteiger charge is 2.05. The molecule has 76 valence electrons. The Bertz CT molecular complexity index is 341. The predicted molar refractivity (Wildman–Crippen MR) is 56.5 cm³/mol. The standard InChI is InChI=1S/C9H12ClN3O/c1-2-3-12-9-7(10)4-6(5-13-9)8(11)14/h4-5H,2-3H2,1H3,(H2,11,14)(H,12,13). The van der Waals surface area contributed by atoms with E-state index in [0.29, 0.717) is 16.4 Å². The zero-order valence-electron chi connectivity index (χ0n) is 7.88. The number of hydrogen-bond donors (Lipinski definition) is 2. The van der Waals surface area contributed by atoms with Crippen molar-refractivity contribution in [2.75, 3.05) is 11.9 Å². The molecule has 0 saturated heterocycles. The monoisotopic (exact) mass is 213 g/mol. The van der Waals surface area contributed by atoms with Gasteiger partial charge in [0.25, 0.3) is 0 Å². The Hall–Kier alpha value is -1.29. The molecule has 0 saturated carbocycles. The number of nitrogens with zero attached hydrogens (tertiary/aromatic N) is 1. The van der Waals surface area contributed by atoms with E-state index in [4.69, 9.17) is 17.3 Å². The van der Waals surface area contributed by atoms with Gasteiger partial charge in [0, 0.05) is 12.7 Å². The number of amides is 1. The van der Waals surface area contributed by atoms with Gasteiger partial charge >= 0.3 is 0 Å². The van der Waals surface area contributed by atoms with Crippen LogP contribution in [0.15, 0.2) is 12.3 Å². The smallest absolute Gasteiger partial charge is 0.250 e. The van der Waals surface area contributed by atoms with Crippen LogP contribution in [0, 0.1) is 0 Å². The molecule has 0 unspecified atom stereocenters. The van der Waals surface area contributed by atoms with Crippen molar-refractivity contribution >= 4 is 23.3 Å². The summed E-state index contributed by atoms with van der Waals surface area (Å²) in [7, 11) is 0. The summed E-state index contributed by atoms with van der Waals surface area (Å²) in [6, 6.07) is 1.51.